The van der Waals surface area contributed by atoms with Crippen molar-refractivity contribution in [3.05, 3.63) is 35.7 Å². The van der Waals surface area contributed by atoms with Crippen LogP contribution in [0.25, 0.3) is 11.3 Å². The smallest absolute Gasteiger partial charge is 0.203 e. The maximum Gasteiger partial charge on any atom is 0.203 e. The molecule has 1 aromatic carbocycles. The van der Waals surface area contributed by atoms with E-state index in [1.54, 1.807) is 11.3 Å². The fraction of sp³-hybridized carbons (Fsp3) is 0.474. The van der Waals surface area contributed by atoms with Crippen molar-refractivity contribution < 1.29 is 0 Å². The van der Waals surface area contributed by atoms with Gasteiger partial charge in [0.1, 0.15) is 0 Å². The second-order valence-electron chi connectivity index (χ2n) is 7.57. The summed E-state index contributed by atoms with van der Waals surface area (Å²) in [6.07, 6.45) is 3.74. The molecule has 23 heavy (non-hydrogen) atoms. The molecule has 0 unspecified atom stereocenters. The van der Waals surface area contributed by atoms with Crippen molar-refractivity contribution in [3.8, 4) is 11.3 Å². The van der Waals surface area contributed by atoms with E-state index in [9.17, 15) is 0 Å². The number of anilines is 1. The average Bonchev–Trinajstić information content (AvgIpc) is 3.16. The molecule has 2 saturated carbocycles. The maximum absolute atomic E-state index is 4.77. The van der Waals surface area contributed by atoms with Crippen molar-refractivity contribution >= 4 is 22.2 Å². The molecule has 4 rings (SSSR count). The minimum Gasteiger partial charge on any atom is -0.253 e. The molecule has 1 N–H and O–H groups in total. The predicted octanol–water partition coefficient (Wildman–Crippen LogP) is 5.42. The fourth-order valence-electron chi connectivity index (χ4n) is 4.28. The normalized spacial score (nSPS) is 30.0. The molecular weight excluding hydrogens is 302 g/mol. The molecule has 1 heterocycles. The quantitative estimate of drug-likeness (QED) is 0.765. The number of hydrazone groups is 1. The van der Waals surface area contributed by atoms with Crippen molar-refractivity contribution in [2.24, 2.45) is 21.8 Å². The second kappa shape index (κ2) is 5.17. The largest absolute Gasteiger partial charge is 0.253 e. The molecular formula is C19H23N3S. The molecule has 0 aliphatic heterocycles. The third-order valence-electron chi connectivity index (χ3n) is 6.37. The molecule has 0 spiro atoms. The van der Waals surface area contributed by atoms with Gasteiger partial charge in [-0.3, -0.25) is 5.43 Å². The number of nitrogens with zero attached hydrogens (tertiary/aromatic N) is 2. The number of thiazole rings is 1. The summed E-state index contributed by atoms with van der Waals surface area (Å²) in [6, 6.07) is 10.3. The van der Waals surface area contributed by atoms with Gasteiger partial charge in [-0.25, -0.2) is 4.98 Å². The van der Waals surface area contributed by atoms with Gasteiger partial charge in [-0.1, -0.05) is 51.1 Å². The predicted molar refractivity (Wildman–Crippen MR) is 97.8 cm³/mol. The van der Waals surface area contributed by atoms with Gasteiger partial charge in [0, 0.05) is 22.1 Å². The number of benzene rings is 1. The Labute approximate surface area is 141 Å². The van der Waals surface area contributed by atoms with Crippen LogP contribution in [-0.2, 0) is 0 Å². The monoisotopic (exact) mass is 325 g/mol. The molecule has 120 valence electrons. The average molecular weight is 325 g/mol. The van der Waals surface area contributed by atoms with E-state index in [0.717, 1.165) is 28.7 Å². The van der Waals surface area contributed by atoms with Crippen LogP contribution in [0.2, 0.25) is 0 Å². The summed E-state index contributed by atoms with van der Waals surface area (Å²) in [6.45, 7) is 7.20. The highest BCUT2D eigenvalue weighted by Gasteiger charge is 2.59. The number of fused-ring (bicyclic) bond motifs is 2. The second-order valence-corrected chi connectivity index (χ2v) is 8.43. The van der Waals surface area contributed by atoms with Gasteiger partial charge >= 0.3 is 0 Å². The van der Waals surface area contributed by atoms with E-state index in [0.29, 0.717) is 5.41 Å². The zero-order valence-electron chi connectivity index (χ0n) is 14.0. The molecule has 0 radical (unpaired) electrons. The van der Waals surface area contributed by atoms with Gasteiger partial charge in [0.15, 0.2) is 0 Å². The van der Waals surface area contributed by atoms with E-state index in [4.69, 9.17) is 5.10 Å². The number of hydrogen-bond acceptors (Lipinski definition) is 4. The van der Waals surface area contributed by atoms with E-state index in [2.05, 4.69) is 48.7 Å². The van der Waals surface area contributed by atoms with E-state index in [1.165, 1.54) is 18.6 Å². The van der Waals surface area contributed by atoms with E-state index < -0.39 is 0 Å². The van der Waals surface area contributed by atoms with E-state index in [1.807, 2.05) is 18.2 Å². The molecule has 2 aromatic rings. The lowest BCUT2D eigenvalue weighted by Crippen LogP contribution is -2.32. The zero-order chi connectivity index (χ0) is 16.1. The van der Waals surface area contributed by atoms with Crippen LogP contribution in [0, 0.1) is 16.7 Å². The van der Waals surface area contributed by atoms with Crippen LogP contribution in [0.4, 0.5) is 5.13 Å². The van der Waals surface area contributed by atoms with Gasteiger partial charge in [0.25, 0.3) is 0 Å². The number of nitrogens with one attached hydrogen (secondary N) is 1. The zero-order valence-corrected chi connectivity index (χ0v) is 14.8. The molecule has 0 amide bonds. The van der Waals surface area contributed by atoms with Crippen LogP contribution >= 0.6 is 11.3 Å². The van der Waals surface area contributed by atoms with E-state index in [-0.39, 0.29) is 5.41 Å². The Kier molecular flexibility index (Phi) is 3.34. The Morgan fingerprint density at radius 1 is 1.22 bits per heavy atom. The number of rotatable bonds is 3. The Bertz CT molecular complexity index is 747. The Morgan fingerprint density at radius 2 is 2.00 bits per heavy atom. The summed E-state index contributed by atoms with van der Waals surface area (Å²) in [5, 5.41) is 7.73. The third-order valence-corrected chi connectivity index (χ3v) is 7.12. The standard InChI is InChI=1S/C19H23N3S/c1-18(2)14-9-10-19(18,3)16(11-14)21-22-17-20-15(12-23-17)13-7-5-4-6-8-13/h4-8,12,14H,9-11H2,1-3H3,(H,20,22)/b21-16+/t14-,19+/m1/s1. The number of hydrogen-bond donors (Lipinski definition) is 1. The summed E-state index contributed by atoms with van der Waals surface area (Å²) in [5.41, 5.74) is 7.32. The van der Waals surface area contributed by atoms with Gasteiger partial charge in [0.2, 0.25) is 5.13 Å². The molecule has 1 aromatic heterocycles. The van der Waals surface area contributed by atoms with Crippen LogP contribution in [0.3, 0.4) is 0 Å². The lowest BCUT2D eigenvalue weighted by molar-refractivity contribution is 0.194. The highest BCUT2D eigenvalue weighted by Crippen LogP contribution is 2.63. The lowest BCUT2D eigenvalue weighted by atomic mass is 9.70. The Morgan fingerprint density at radius 3 is 2.65 bits per heavy atom. The summed E-state index contributed by atoms with van der Waals surface area (Å²) >= 11 is 1.62. The number of aromatic nitrogens is 1. The minimum absolute atomic E-state index is 0.240. The SMILES string of the molecule is CC1(C)[C@@H]2CC[C@@]1(C)/C(=N/Nc1nc(-c3ccccc3)cs1)C2. The van der Waals surface area contributed by atoms with Gasteiger partial charge in [-0.2, -0.15) is 5.10 Å². The van der Waals surface area contributed by atoms with Crippen molar-refractivity contribution in [1.82, 2.24) is 4.98 Å². The van der Waals surface area contributed by atoms with Crippen LogP contribution in [-0.4, -0.2) is 10.7 Å². The van der Waals surface area contributed by atoms with Gasteiger partial charge in [-0.05, 0) is 30.6 Å². The van der Waals surface area contributed by atoms with Gasteiger partial charge < -0.3 is 0 Å². The minimum atomic E-state index is 0.240. The maximum atomic E-state index is 4.77. The molecule has 2 aliphatic carbocycles. The highest BCUT2D eigenvalue weighted by molar-refractivity contribution is 7.14. The topological polar surface area (TPSA) is 37.3 Å². The first-order valence-electron chi connectivity index (χ1n) is 8.35. The van der Waals surface area contributed by atoms with Crippen LogP contribution in [0.1, 0.15) is 40.0 Å². The van der Waals surface area contributed by atoms with Crippen LogP contribution in [0.15, 0.2) is 40.8 Å². The first-order valence-corrected chi connectivity index (χ1v) is 9.23. The Hall–Kier alpha value is -1.68. The van der Waals surface area contributed by atoms with E-state index >= 15 is 0 Å². The van der Waals surface area contributed by atoms with Crippen molar-refractivity contribution in [2.45, 2.75) is 40.0 Å². The molecule has 3 nitrogen and oxygen atoms in total. The van der Waals surface area contributed by atoms with Crippen molar-refractivity contribution in [1.29, 1.82) is 0 Å². The Balaban J connectivity index is 1.53. The summed E-state index contributed by atoms with van der Waals surface area (Å²) < 4.78 is 0. The molecule has 2 fully saturated rings. The highest BCUT2D eigenvalue weighted by atomic mass is 32.1. The fourth-order valence-corrected chi connectivity index (χ4v) is 4.94. The molecule has 2 aliphatic rings. The van der Waals surface area contributed by atoms with Gasteiger partial charge in [-0.15, -0.1) is 11.3 Å². The van der Waals surface area contributed by atoms with Gasteiger partial charge in [0.05, 0.1) is 5.69 Å². The first kappa shape index (κ1) is 14.9. The first-order chi connectivity index (χ1) is 11.0. The summed E-state index contributed by atoms with van der Waals surface area (Å²) in [5.74, 6) is 0.782. The summed E-state index contributed by atoms with van der Waals surface area (Å²) in [4.78, 5) is 4.66. The lowest BCUT2D eigenvalue weighted by Gasteiger charge is -2.34. The molecule has 2 bridgehead atoms. The van der Waals surface area contributed by atoms with Crippen molar-refractivity contribution in [3.63, 3.8) is 0 Å². The van der Waals surface area contributed by atoms with Crippen LogP contribution in [0.5, 0.6) is 0 Å². The third kappa shape index (κ3) is 2.23. The summed E-state index contributed by atoms with van der Waals surface area (Å²) in [7, 11) is 0. The van der Waals surface area contributed by atoms with Crippen molar-refractivity contribution in [2.75, 3.05) is 5.43 Å². The molecule has 2 atom stereocenters. The molecule has 0 saturated heterocycles. The molecule has 4 heteroatoms. The van der Waals surface area contributed by atoms with Crippen LogP contribution < -0.4 is 5.43 Å².